The van der Waals surface area contributed by atoms with E-state index in [4.69, 9.17) is 21.1 Å². The van der Waals surface area contributed by atoms with Crippen LogP contribution in [0.2, 0.25) is 5.02 Å². The summed E-state index contributed by atoms with van der Waals surface area (Å²) >= 11 is 6.16. The molecule has 8 nitrogen and oxygen atoms in total. The Morgan fingerprint density at radius 1 is 1.00 bits per heavy atom. The summed E-state index contributed by atoms with van der Waals surface area (Å²) < 4.78 is 38.4. The predicted molar refractivity (Wildman–Crippen MR) is 142 cm³/mol. The second-order valence-electron chi connectivity index (χ2n) is 8.17. The van der Waals surface area contributed by atoms with Gasteiger partial charge >= 0.3 is 5.97 Å². The van der Waals surface area contributed by atoms with Crippen LogP contribution in [0.1, 0.15) is 35.7 Å². The Hall–Kier alpha value is -3.40. The monoisotopic (exact) mass is 544 g/mol. The molecule has 10 heteroatoms. The van der Waals surface area contributed by atoms with Gasteiger partial charge in [-0.3, -0.25) is 4.79 Å². The number of benzene rings is 3. The van der Waals surface area contributed by atoms with Gasteiger partial charge in [0.15, 0.2) is 0 Å². The standard InChI is InChI=1S/C27H29ClN2O6S/c1-3-4-16-36-27(32)21-10-12-22(13-11-21)29-26(31)19-30(18-20-8-6-5-7-9-20)37(33,34)23-14-15-25(35-2)24(28)17-23/h5-15,17H,3-4,16,18-19H2,1-2H3,(H,29,31). The quantitative estimate of drug-likeness (QED) is 0.250. The molecule has 0 spiro atoms. The van der Waals surface area contributed by atoms with E-state index in [-0.39, 0.29) is 16.5 Å². The minimum absolute atomic E-state index is 0.0250. The lowest BCUT2D eigenvalue weighted by Gasteiger charge is -2.22. The van der Waals surface area contributed by atoms with Crippen molar-refractivity contribution in [2.75, 3.05) is 25.6 Å². The number of hydrogen-bond donors (Lipinski definition) is 1. The lowest BCUT2D eigenvalue weighted by atomic mass is 10.2. The molecule has 0 aliphatic heterocycles. The molecule has 0 atom stereocenters. The third-order valence-electron chi connectivity index (χ3n) is 5.42. The number of unbranched alkanes of at least 4 members (excludes halogenated alkanes) is 1. The lowest BCUT2D eigenvalue weighted by Crippen LogP contribution is -2.37. The molecule has 0 aliphatic rings. The van der Waals surface area contributed by atoms with E-state index < -0.39 is 28.4 Å². The van der Waals surface area contributed by atoms with Crippen molar-refractivity contribution in [1.29, 1.82) is 0 Å². The summed E-state index contributed by atoms with van der Waals surface area (Å²) in [6.45, 7) is 1.88. The van der Waals surface area contributed by atoms with Crippen molar-refractivity contribution < 1.29 is 27.5 Å². The fourth-order valence-electron chi connectivity index (χ4n) is 3.41. The van der Waals surface area contributed by atoms with Crippen molar-refractivity contribution in [1.82, 2.24) is 4.31 Å². The summed E-state index contributed by atoms with van der Waals surface area (Å²) in [6.07, 6.45) is 1.70. The van der Waals surface area contributed by atoms with Gasteiger partial charge in [-0.25, -0.2) is 13.2 Å². The number of nitrogens with zero attached hydrogens (tertiary/aromatic N) is 1. The van der Waals surface area contributed by atoms with Crippen LogP contribution in [-0.2, 0) is 26.1 Å². The molecule has 0 aliphatic carbocycles. The Morgan fingerprint density at radius 2 is 1.70 bits per heavy atom. The average molecular weight is 545 g/mol. The van der Waals surface area contributed by atoms with Gasteiger partial charge in [-0.1, -0.05) is 55.3 Å². The summed E-state index contributed by atoms with van der Waals surface area (Å²) in [7, 11) is -2.66. The number of esters is 1. The number of hydrogen-bond acceptors (Lipinski definition) is 6. The maximum Gasteiger partial charge on any atom is 0.338 e. The van der Waals surface area contributed by atoms with E-state index in [9.17, 15) is 18.0 Å². The number of halogens is 1. The summed E-state index contributed by atoms with van der Waals surface area (Å²) in [5.74, 6) is -0.646. The summed E-state index contributed by atoms with van der Waals surface area (Å²) in [5, 5.41) is 2.83. The van der Waals surface area contributed by atoms with Gasteiger partial charge in [-0.15, -0.1) is 0 Å². The molecule has 0 heterocycles. The van der Waals surface area contributed by atoms with Crippen LogP contribution in [0.25, 0.3) is 0 Å². The van der Waals surface area contributed by atoms with Gasteiger partial charge in [0.1, 0.15) is 5.75 Å². The number of ether oxygens (including phenoxy) is 2. The Balaban J connectivity index is 1.77. The third kappa shape index (κ3) is 7.79. The van der Waals surface area contributed by atoms with Gasteiger partial charge in [-0.05, 0) is 54.4 Å². The van der Waals surface area contributed by atoms with E-state index >= 15 is 0 Å². The highest BCUT2D eigenvalue weighted by Gasteiger charge is 2.28. The zero-order chi connectivity index (χ0) is 26.8. The summed E-state index contributed by atoms with van der Waals surface area (Å²) in [4.78, 5) is 24.9. The van der Waals surface area contributed by atoms with E-state index in [1.54, 1.807) is 48.5 Å². The molecule has 1 amide bonds. The zero-order valence-electron chi connectivity index (χ0n) is 20.6. The maximum atomic E-state index is 13.5. The van der Waals surface area contributed by atoms with Crippen LogP contribution in [0.3, 0.4) is 0 Å². The fraction of sp³-hybridized carbons (Fsp3) is 0.259. The molecule has 0 fully saturated rings. The Bertz CT molecular complexity index is 1310. The van der Waals surface area contributed by atoms with Crippen molar-refractivity contribution in [3.8, 4) is 5.75 Å². The molecule has 0 saturated heterocycles. The largest absolute Gasteiger partial charge is 0.495 e. The van der Waals surface area contributed by atoms with Crippen LogP contribution in [0.4, 0.5) is 5.69 Å². The number of carbonyl (C=O) groups is 2. The molecule has 37 heavy (non-hydrogen) atoms. The van der Waals surface area contributed by atoms with Crippen molar-refractivity contribution >= 4 is 39.2 Å². The van der Waals surface area contributed by atoms with Crippen LogP contribution < -0.4 is 10.1 Å². The first-order valence-corrected chi connectivity index (χ1v) is 13.5. The average Bonchev–Trinajstić information content (AvgIpc) is 2.89. The van der Waals surface area contributed by atoms with Crippen LogP contribution in [0.5, 0.6) is 5.75 Å². The smallest absolute Gasteiger partial charge is 0.338 e. The number of sulfonamides is 1. The molecular weight excluding hydrogens is 516 g/mol. The van der Waals surface area contributed by atoms with Gasteiger partial charge in [0.25, 0.3) is 0 Å². The zero-order valence-corrected chi connectivity index (χ0v) is 22.2. The van der Waals surface area contributed by atoms with Crippen molar-refractivity contribution in [2.24, 2.45) is 0 Å². The van der Waals surface area contributed by atoms with Gasteiger partial charge in [0.2, 0.25) is 15.9 Å². The molecule has 0 bridgehead atoms. The van der Waals surface area contributed by atoms with Gasteiger partial charge in [0, 0.05) is 12.2 Å². The molecule has 0 unspecified atom stereocenters. The third-order valence-corrected chi connectivity index (χ3v) is 7.50. The van der Waals surface area contributed by atoms with Crippen LogP contribution in [0.15, 0.2) is 77.7 Å². The molecule has 0 radical (unpaired) electrons. The van der Waals surface area contributed by atoms with E-state index in [2.05, 4.69) is 5.32 Å². The van der Waals surface area contributed by atoms with Crippen molar-refractivity contribution in [3.05, 3.63) is 88.9 Å². The Morgan fingerprint density at radius 3 is 2.32 bits per heavy atom. The predicted octanol–water partition coefficient (Wildman–Crippen LogP) is 5.14. The normalized spacial score (nSPS) is 11.2. The molecule has 0 saturated carbocycles. The van der Waals surface area contributed by atoms with Crippen molar-refractivity contribution in [2.45, 2.75) is 31.2 Å². The SMILES string of the molecule is CCCCOC(=O)c1ccc(NC(=O)CN(Cc2ccccc2)S(=O)(=O)c2ccc(OC)c(Cl)c2)cc1. The van der Waals surface area contributed by atoms with E-state index in [1.165, 1.54) is 25.3 Å². The second-order valence-corrected chi connectivity index (χ2v) is 10.5. The Kier molecular flexibility index (Phi) is 10.1. The molecule has 3 aromatic carbocycles. The molecule has 3 aromatic rings. The van der Waals surface area contributed by atoms with Crippen molar-refractivity contribution in [3.63, 3.8) is 0 Å². The second kappa shape index (κ2) is 13.2. The van der Waals surface area contributed by atoms with Gasteiger partial charge < -0.3 is 14.8 Å². The molecule has 0 aromatic heterocycles. The summed E-state index contributed by atoms with van der Waals surface area (Å²) in [6, 6.07) is 19.3. The molecule has 1 N–H and O–H groups in total. The number of anilines is 1. The van der Waals surface area contributed by atoms with E-state index in [0.29, 0.717) is 29.2 Å². The number of carbonyl (C=O) groups excluding carboxylic acids is 2. The van der Waals surface area contributed by atoms with Crippen LogP contribution in [-0.4, -0.2) is 44.9 Å². The van der Waals surface area contributed by atoms with E-state index in [0.717, 1.165) is 17.1 Å². The lowest BCUT2D eigenvalue weighted by molar-refractivity contribution is -0.116. The highest BCUT2D eigenvalue weighted by atomic mass is 35.5. The number of amides is 1. The number of methoxy groups -OCH3 is 1. The Labute approximate surface area is 222 Å². The van der Waals surface area contributed by atoms with E-state index in [1.807, 2.05) is 13.0 Å². The first-order valence-electron chi connectivity index (χ1n) is 11.7. The minimum Gasteiger partial charge on any atom is -0.495 e. The number of nitrogens with one attached hydrogen (secondary N) is 1. The molecule has 196 valence electrons. The number of rotatable bonds is 12. The first kappa shape index (κ1) is 28.2. The minimum atomic E-state index is -4.09. The molecular formula is C27H29ClN2O6S. The van der Waals surface area contributed by atoms with Gasteiger partial charge in [-0.2, -0.15) is 4.31 Å². The highest BCUT2D eigenvalue weighted by molar-refractivity contribution is 7.89. The first-order chi connectivity index (χ1) is 17.7. The molecule has 3 rings (SSSR count). The van der Waals surface area contributed by atoms with Gasteiger partial charge in [0.05, 0.1) is 35.7 Å². The highest BCUT2D eigenvalue weighted by Crippen LogP contribution is 2.29. The van der Waals surface area contributed by atoms with Crippen LogP contribution >= 0.6 is 11.6 Å². The maximum absolute atomic E-state index is 13.5. The van der Waals surface area contributed by atoms with Crippen LogP contribution in [0, 0.1) is 0 Å². The topological polar surface area (TPSA) is 102 Å². The fourth-order valence-corrected chi connectivity index (χ4v) is 5.15. The summed E-state index contributed by atoms with van der Waals surface area (Å²) in [5.41, 5.74) is 1.49.